The summed E-state index contributed by atoms with van der Waals surface area (Å²) in [6.07, 6.45) is -4.76. The molecule has 1 rings (SSSR count). The molecule has 1 unspecified atom stereocenters. The highest BCUT2D eigenvalue weighted by atomic mass is 16.6. The Hall–Kier alpha value is -0.200. The standard InChI is InChI=1S/C5H10O5/c6-1-2-3(7)4(8)5(9)10-2/h2-9H,1H2/t2-,3?,4-,5-/m1/s1. The van der Waals surface area contributed by atoms with Crippen LogP contribution in [0.4, 0.5) is 0 Å². The first-order valence-electron chi connectivity index (χ1n) is 2.97. The normalized spacial score (nSPS) is 48.0. The van der Waals surface area contributed by atoms with E-state index in [-0.39, 0.29) is 0 Å². The molecule has 5 heteroatoms. The topological polar surface area (TPSA) is 90.2 Å². The lowest BCUT2D eigenvalue weighted by molar-refractivity contribution is -0.132. The van der Waals surface area contributed by atoms with E-state index in [4.69, 9.17) is 20.4 Å². The second-order valence-corrected chi connectivity index (χ2v) is 2.23. The third-order valence-corrected chi connectivity index (χ3v) is 1.52. The molecule has 1 heterocycles. The molecule has 4 N–H and O–H groups in total. The number of aliphatic hydroxyl groups is 4. The minimum absolute atomic E-state index is 0.407. The summed E-state index contributed by atoms with van der Waals surface area (Å²) >= 11 is 0. The van der Waals surface area contributed by atoms with Gasteiger partial charge in [-0.15, -0.1) is 0 Å². The number of aliphatic hydroxyl groups excluding tert-OH is 4. The second-order valence-electron chi connectivity index (χ2n) is 2.23. The van der Waals surface area contributed by atoms with E-state index >= 15 is 0 Å². The molecule has 0 bridgehead atoms. The van der Waals surface area contributed by atoms with E-state index in [0.29, 0.717) is 0 Å². The van der Waals surface area contributed by atoms with Crippen molar-refractivity contribution in [2.24, 2.45) is 0 Å². The van der Waals surface area contributed by atoms with Gasteiger partial charge in [0.1, 0.15) is 18.3 Å². The van der Waals surface area contributed by atoms with Crippen LogP contribution in [-0.4, -0.2) is 51.6 Å². The van der Waals surface area contributed by atoms with Crippen LogP contribution in [0.15, 0.2) is 0 Å². The fourth-order valence-corrected chi connectivity index (χ4v) is 0.880. The fourth-order valence-electron chi connectivity index (χ4n) is 0.880. The Morgan fingerprint density at radius 3 is 1.90 bits per heavy atom. The van der Waals surface area contributed by atoms with Crippen molar-refractivity contribution >= 4 is 0 Å². The van der Waals surface area contributed by atoms with E-state index in [1.54, 1.807) is 0 Å². The maximum atomic E-state index is 8.93. The predicted molar refractivity (Wildman–Crippen MR) is 30.0 cm³/mol. The summed E-state index contributed by atoms with van der Waals surface area (Å²) in [5.41, 5.74) is 0. The summed E-state index contributed by atoms with van der Waals surface area (Å²) in [4.78, 5) is 0. The van der Waals surface area contributed by atoms with Crippen LogP contribution >= 0.6 is 0 Å². The lowest BCUT2D eigenvalue weighted by Gasteiger charge is -2.09. The van der Waals surface area contributed by atoms with Crippen LogP contribution in [0.25, 0.3) is 0 Å². The number of ether oxygens (including phenoxy) is 1. The molecule has 0 aliphatic carbocycles. The lowest BCUT2D eigenvalue weighted by Crippen LogP contribution is -2.33. The molecule has 1 fully saturated rings. The highest BCUT2D eigenvalue weighted by molar-refractivity contribution is 4.84. The third kappa shape index (κ3) is 1.14. The average molecular weight is 150 g/mol. The lowest BCUT2D eigenvalue weighted by atomic mass is 10.1. The van der Waals surface area contributed by atoms with Crippen molar-refractivity contribution in [3.63, 3.8) is 0 Å². The summed E-state index contributed by atoms with van der Waals surface area (Å²) in [5.74, 6) is 0. The predicted octanol–water partition coefficient (Wildman–Crippen LogP) is -2.58. The number of rotatable bonds is 1. The van der Waals surface area contributed by atoms with Gasteiger partial charge in [0.2, 0.25) is 0 Å². The van der Waals surface area contributed by atoms with Gasteiger partial charge in [0.15, 0.2) is 6.29 Å². The van der Waals surface area contributed by atoms with Crippen molar-refractivity contribution in [2.45, 2.75) is 24.6 Å². The van der Waals surface area contributed by atoms with Crippen molar-refractivity contribution in [3.8, 4) is 0 Å². The van der Waals surface area contributed by atoms with E-state index in [1.807, 2.05) is 0 Å². The van der Waals surface area contributed by atoms with Gasteiger partial charge in [-0.3, -0.25) is 0 Å². The quantitative estimate of drug-likeness (QED) is 0.329. The van der Waals surface area contributed by atoms with Gasteiger partial charge in [-0.1, -0.05) is 0 Å². The zero-order chi connectivity index (χ0) is 7.72. The average Bonchev–Trinajstić information content (AvgIpc) is 2.17. The molecule has 0 spiro atoms. The Balaban J connectivity index is 2.53. The van der Waals surface area contributed by atoms with Crippen LogP contribution in [0.1, 0.15) is 0 Å². The van der Waals surface area contributed by atoms with E-state index in [2.05, 4.69) is 4.74 Å². The maximum Gasteiger partial charge on any atom is 0.184 e. The Bertz CT molecular complexity index is 117. The van der Waals surface area contributed by atoms with Crippen LogP contribution in [0.3, 0.4) is 0 Å². The molecule has 4 atom stereocenters. The van der Waals surface area contributed by atoms with Crippen LogP contribution in [0, 0.1) is 0 Å². The summed E-state index contributed by atoms with van der Waals surface area (Å²) in [7, 11) is 0. The Labute approximate surface area is 57.5 Å². The maximum absolute atomic E-state index is 8.93. The summed E-state index contributed by atoms with van der Waals surface area (Å²) < 4.78 is 4.54. The molecule has 1 aliphatic rings. The largest absolute Gasteiger partial charge is 0.394 e. The molecule has 1 aliphatic heterocycles. The molecule has 0 radical (unpaired) electrons. The van der Waals surface area contributed by atoms with Crippen LogP contribution < -0.4 is 0 Å². The van der Waals surface area contributed by atoms with Crippen molar-refractivity contribution < 1.29 is 25.2 Å². The summed E-state index contributed by atoms with van der Waals surface area (Å²) in [5, 5.41) is 35.0. The molecule has 60 valence electrons. The van der Waals surface area contributed by atoms with Crippen LogP contribution in [-0.2, 0) is 4.74 Å². The molecular formula is C5H10O5. The Morgan fingerprint density at radius 1 is 1.10 bits per heavy atom. The molecule has 0 amide bonds. The molecule has 0 aromatic heterocycles. The fraction of sp³-hybridized carbons (Fsp3) is 1.00. The monoisotopic (exact) mass is 150 g/mol. The van der Waals surface area contributed by atoms with Gasteiger partial charge in [0.25, 0.3) is 0 Å². The zero-order valence-corrected chi connectivity index (χ0v) is 5.21. The highest BCUT2D eigenvalue weighted by Crippen LogP contribution is 2.18. The first-order chi connectivity index (χ1) is 4.66. The van der Waals surface area contributed by atoms with Crippen molar-refractivity contribution in [2.75, 3.05) is 6.61 Å². The summed E-state index contributed by atoms with van der Waals surface area (Å²) in [6, 6.07) is 0. The van der Waals surface area contributed by atoms with Crippen LogP contribution in [0.5, 0.6) is 0 Å². The van der Waals surface area contributed by atoms with Gasteiger partial charge < -0.3 is 25.2 Å². The van der Waals surface area contributed by atoms with Crippen molar-refractivity contribution in [1.29, 1.82) is 0 Å². The number of hydrogen-bond acceptors (Lipinski definition) is 5. The summed E-state index contributed by atoms with van der Waals surface area (Å²) in [6.45, 7) is -0.407. The molecular weight excluding hydrogens is 140 g/mol. The molecule has 0 aromatic carbocycles. The van der Waals surface area contributed by atoms with E-state index in [9.17, 15) is 0 Å². The Morgan fingerprint density at radius 2 is 1.70 bits per heavy atom. The minimum atomic E-state index is -1.38. The number of hydrogen-bond donors (Lipinski definition) is 4. The molecule has 0 aromatic rings. The smallest absolute Gasteiger partial charge is 0.184 e. The van der Waals surface area contributed by atoms with E-state index in [0.717, 1.165) is 0 Å². The van der Waals surface area contributed by atoms with Gasteiger partial charge in [-0.05, 0) is 0 Å². The van der Waals surface area contributed by atoms with Gasteiger partial charge in [-0.2, -0.15) is 0 Å². The first-order valence-corrected chi connectivity index (χ1v) is 2.97. The van der Waals surface area contributed by atoms with E-state index in [1.165, 1.54) is 0 Å². The van der Waals surface area contributed by atoms with Crippen molar-refractivity contribution in [1.82, 2.24) is 0 Å². The zero-order valence-electron chi connectivity index (χ0n) is 5.21. The van der Waals surface area contributed by atoms with E-state index < -0.39 is 31.2 Å². The molecule has 0 saturated carbocycles. The van der Waals surface area contributed by atoms with Gasteiger partial charge in [-0.25, -0.2) is 0 Å². The van der Waals surface area contributed by atoms with Gasteiger partial charge >= 0.3 is 0 Å². The third-order valence-electron chi connectivity index (χ3n) is 1.52. The molecule has 10 heavy (non-hydrogen) atoms. The minimum Gasteiger partial charge on any atom is -0.394 e. The SMILES string of the molecule is OC[C@H]1O[C@@H](O)[C@H](O)C1O. The highest BCUT2D eigenvalue weighted by Gasteiger charge is 2.41. The Kier molecular flexibility index (Phi) is 2.22. The van der Waals surface area contributed by atoms with Gasteiger partial charge in [0.05, 0.1) is 6.61 Å². The van der Waals surface area contributed by atoms with Gasteiger partial charge in [0, 0.05) is 0 Å². The second kappa shape index (κ2) is 2.81. The molecule has 1 saturated heterocycles. The van der Waals surface area contributed by atoms with Crippen molar-refractivity contribution in [3.05, 3.63) is 0 Å². The van der Waals surface area contributed by atoms with Crippen LogP contribution in [0.2, 0.25) is 0 Å². The molecule has 5 nitrogen and oxygen atoms in total. The first kappa shape index (κ1) is 7.90.